The second-order valence-corrected chi connectivity index (χ2v) is 4.05. The van der Waals surface area contributed by atoms with Crippen LogP contribution in [0.5, 0.6) is 0 Å². The summed E-state index contributed by atoms with van der Waals surface area (Å²) in [5.41, 5.74) is 5.93. The molecule has 0 aliphatic heterocycles. The van der Waals surface area contributed by atoms with Gasteiger partial charge in [-0.2, -0.15) is 0 Å². The summed E-state index contributed by atoms with van der Waals surface area (Å²) in [7, 11) is 0. The number of primary amides is 1. The Labute approximate surface area is 91.6 Å². The Morgan fingerprint density at radius 1 is 1.31 bits per heavy atom. The van der Waals surface area contributed by atoms with Gasteiger partial charge < -0.3 is 5.73 Å². The summed E-state index contributed by atoms with van der Waals surface area (Å²) < 4.78 is 1.02. The topological polar surface area (TPSA) is 60.2 Å². The van der Waals surface area contributed by atoms with Gasteiger partial charge in [0.05, 0.1) is 5.56 Å². The highest BCUT2D eigenvalue weighted by Crippen LogP contribution is 2.26. The SMILES string of the molecule is NC(=O)c1c(Br)cc(C=O)cc1Br. The zero-order valence-electron chi connectivity index (χ0n) is 6.38. The van der Waals surface area contributed by atoms with Crippen LogP contribution < -0.4 is 5.73 Å². The van der Waals surface area contributed by atoms with E-state index in [0.717, 1.165) is 0 Å². The number of amides is 1. The molecule has 0 fully saturated rings. The molecule has 1 aromatic carbocycles. The van der Waals surface area contributed by atoms with Crippen LogP contribution in [-0.4, -0.2) is 12.2 Å². The highest BCUT2D eigenvalue weighted by molar-refractivity contribution is 9.11. The highest BCUT2D eigenvalue weighted by Gasteiger charge is 2.11. The fraction of sp³-hybridized carbons (Fsp3) is 0. The van der Waals surface area contributed by atoms with Crippen LogP contribution in [0.4, 0.5) is 0 Å². The van der Waals surface area contributed by atoms with Crippen molar-refractivity contribution in [1.29, 1.82) is 0 Å². The van der Waals surface area contributed by atoms with Crippen LogP contribution in [0.1, 0.15) is 20.7 Å². The van der Waals surface area contributed by atoms with Gasteiger partial charge in [-0.15, -0.1) is 0 Å². The third-order valence-corrected chi connectivity index (χ3v) is 2.70. The van der Waals surface area contributed by atoms with Gasteiger partial charge in [0.2, 0.25) is 0 Å². The van der Waals surface area contributed by atoms with Crippen molar-refractivity contribution in [2.45, 2.75) is 0 Å². The van der Waals surface area contributed by atoms with E-state index in [1.807, 2.05) is 0 Å². The summed E-state index contributed by atoms with van der Waals surface area (Å²) in [6, 6.07) is 3.08. The van der Waals surface area contributed by atoms with Crippen molar-refractivity contribution in [3.8, 4) is 0 Å². The van der Waals surface area contributed by atoms with Crippen molar-refractivity contribution >= 4 is 44.1 Å². The average molecular weight is 307 g/mol. The Morgan fingerprint density at radius 2 is 1.77 bits per heavy atom. The minimum atomic E-state index is -0.545. The van der Waals surface area contributed by atoms with E-state index < -0.39 is 5.91 Å². The quantitative estimate of drug-likeness (QED) is 0.851. The van der Waals surface area contributed by atoms with Crippen molar-refractivity contribution in [3.05, 3.63) is 32.2 Å². The third-order valence-electron chi connectivity index (χ3n) is 1.45. The Balaban J connectivity index is 3.39. The molecule has 5 heteroatoms. The van der Waals surface area contributed by atoms with Gasteiger partial charge in [0.25, 0.3) is 5.91 Å². The Morgan fingerprint density at radius 3 is 2.08 bits per heavy atom. The molecule has 2 N–H and O–H groups in total. The molecule has 0 spiro atoms. The normalized spacial score (nSPS) is 9.69. The number of benzene rings is 1. The Bertz CT molecular complexity index is 353. The lowest BCUT2D eigenvalue weighted by atomic mass is 10.1. The van der Waals surface area contributed by atoms with E-state index in [0.29, 0.717) is 26.4 Å². The van der Waals surface area contributed by atoms with Gasteiger partial charge in [0, 0.05) is 14.5 Å². The first-order valence-electron chi connectivity index (χ1n) is 3.30. The fourth-order valence-corrected chi connectivity index (χ4v) is 2.51. The summed E-state index contributed by atoms with van der Waals surface area (Å²) in [6.07, 6.45) is 0.695. The first-order valence-corrected chi connectivity index (χ1v) is 4.89. The zero-order valence-corrected chi connectivity index (χ0v) is 9.55. The largest absolute Gasteiger partial charge is 0.366 e. The monoisotopic (exact) mass is 305 g/mol. The molecule has 1 amide bonds. The summed E-state index contributed by atoms with van der Waals surface area (Å²) in [6.45, 7) is 0. The maximum atomic E-state index is 10.9. The first-order chi connectivity index (χ1) is 6.06. The van der Waals surface area contributed by atoms with Gasteiger partial charge in [-0.3, -0.25) is 9.59 Å². The zero-order chi connectivity index (χ0) is 10.0. The van der Waals surface area contributed by atoms with Crippen LogP contribution in [0.3, 0.4) is 0 Å². The number of hydrogen-bond donors (Lipinski definition) is 1. The van der Waals surface area contributed by atoms with Crippen molar-refractivity contribution in [1.82, 2.24) is 0 Å². The fourth-order valence-electron chi connectivity index (χ4n) is 0.896. The summed E-state index contributed by atoms with van der Waals surface area (Å²) in [5.74, 6) is -0.545. The highest BCUT2D eigenvalue weighted by atomic mass is 79.9. The number of hydrogen-bond acceptors (Lipinski definition) is 2. The van der Waals surface area contributed by atoms with Crippen LogP contribution in [0.25, 0.3) is 0 Å². The molecule has 0 bridgehead atoms. The Kier molecular flexibility index (Phi) is 3.22. The van der Waals surface area contributed by atoms with Gasteiger partial charge in [0.1, 0.15) is 6.29 Å². The van der Waals surface area contributed by atoms with Crippen LogP contribution in [0, 0.1) is 0 Å². The van der Waals surface area contributed by atoms with Crippen LogP contribution in [0.15, 0.2) is 21.1 Å². The number of nitrogens with two attached hydrogens (primary N) is 1. The van der Waals surface area contributed by atoms with Crippen molar-refractivity contribution in [2.24, 2.45) is 5.73 Å². The minimum Gasteiger partial charge on any atom is -0.366 e. The molecule has 0 unspecified atom stereocenters. The lowest BCUT2D eigenvalue weighted by Crippen LogP contribution is -2.12. The molecule has 0 aliphatic carbocycles. The first kappa shape index (κ1) is 10.4. The van der Waals surface area contributed by atoms with E-state index in [1.54, 1.807) is 0 Å². The predicted molar refractivity (Wildman–Crippen MR) is 55.7 cm³/mol. The maximum Gasteiger partial charge on any atom is 0.250 e. The second kappa shape index (κ2) is 4.02. The van der Waals surface area contributed by atoms with Gasteiger partial charge in [-0.05, 0) is 44.0 Å². The summed E-state index contributed by atoms with van der Waals surface area (Å²) >= 11 is 6.30. The third kappa shape index (κ3) is 2.16. The molecular formula is C8H5Br2NO2. The van der Waals surface area contributed by atoms with Gasteiger partial charge >= 0.3 is 0 Å². The van der Waals surface area contributed by atoms with E-state index in [9.17, 15) is 9.59 Å². The standard InChI is InChI=1S/C8H5Br2NO2/c9-5-1-4(3-12)2-6(10)7(5)8(11)13/h1-3H,(H2,11,13). The number of carbonyl (C=O) groups excluding carboxylic acids is 2. The molecule has 13 heavy (non-hydrogen) atoms. The number of carbonyl (C=O) groups is 2. The lowest BCUT2D eigenvalue weighted by Gasteiger charge is -2.03. The average Bonchev–Trinajstić information content (AvgIpc) is 2.02. The van der Waals surface area contributed by atoms with Gasteiger partial charge in [-0.25, -0.2) is 0 Å². The minimum absolute atomic E-state index is 0.339. The maximum absolute atomic E-state index is 10.9. The molecule has 0 atom stereocenters. The van der Waals surface area contributed by atoms with Gasteiger partial charge in [0.15, 0.2) is 0 Å². The second-order valence-electron chi connectivity index (χ2n) is 2.34. The molecule has 0 aromatic heterocycles. The number of rotatable bonds is 2. The van der Waals surface area contributed by atoms with Gasteiger partial charge in [-0.1, -0.05) is 0 Å². The molecule has 0 saturated carbocycles. The van der Waals surface area contributed by atoms with E-state index in [4.69, 9.17) is 5.73 Å². The lowest BCUT2D eigenvalue weighted by molar-refractivity contribution is 0.0998. The van der Waals surface area contributed by atoms with Crippen LogP contribution >= 0.6 is 31.9 Å². The van der Waals surface area contributed by atoms with E-state index in [2.05, 4.69) is 31.9 Å². The molecule has 3 nitrogen and oxygen atoms in total. The van der Waals surface area contributed by atoms with E-state index in [1.165, 1.54) is 12.1 Å². The molecule has 0 heterocycles. The molecule has 1 rings (SSSR count). The Hall–Kier alpha value is -0.680. The van der Waals surface area contributed by atoms with E-state index in [-0.39, 0.29) is 0 Å². The smallest absolute Gasteiger partial charge is 0.250 e. The number of aldehydes is 1. The number of halogens is 2. The molecule has 68 valence electrons. The molecule has 0 aliphatic rings. The van der Waals surface area contributed by atoms with Crippen molar-refractivity contribution < 1.29 is 9.59 Å². The predicted octanol–water partition coefficient (Wildman–Crippen LogP) is 2.12. The van der Waals surface area contributed by atoms with E-state index >= 15 is 0 Å². The summed E-state index contributed by atoms with van der Waals surface area (Å²) in [4.78, 5) is 21.4. The summed E-state index contributed by atoms with van der Waals surface area (Å²) in [5, 5.41) is 0. The van der Waals surface area contributed by atoms with Crippen molar-refractivity contribution in [3.63, 3.8) is 0 Å². The molecule has 0 radical (unpaired) electrons. The molecular weight excluding hydrogens is 302 g/mol. The van der Waals surface area contributed by atoms with Crippen LogP contribution in [-0.2, 0) is 0 Å². The van der Waals surface area contributed by atoms with Crippen LogP contribution in [0.2, 0.25) is 0 Å². The van der Waals surface area contributed by atoms with Crippen molar-refractivity contribution in [2.75, 3.05) is 0 Å². The molecule has 0 saturated heterocycles. The molecule has 1 aromatic rings.